The number of carbonyl (C=O) groups is 12. The zero-order valence-corrected chi connectivity index (χ0v) is 73.7. The van der Waals surface area contributed by atoms with Crippen LogP contribution >= 0.6 is 0 Å². The largest absolute Gasteiger partial charge is 0.461 e. The van der Waals surface area contributed by atoms with Crippen LogP contribution in [0.3, 0.4) is 0 Å². The smallest absolute Gasteiger partial charge is 0.422 e. The van der Waals surface area contributed by atoms with Gasteiger partial charge < -0.3 is 56.8 Å². The number of alkyl halides is 6. The number of hydrogen-bond acceptors (Lipinski definition) is 48. The zero-order chi connectivity index (χ0) is 98.9. The minimum atomic E-state index is -5.01. The molecular formula is C72H82F6O48S6. The van der Waals surface area contributed by atoms with Crippen molar-refractivity contribution in [3.63, 3.8) is 0 Å². The van der Waals surface area contributed by atoms with Gasteiger partial charge in [0.05, 0.1) is 12.2 Å². The Morgan fingerprint density at radius 1 is 0.341 bits per heavy atom. The zero-order valence-electron chi connectivity index (χ0n) is 68.8. The summed E-state index contributed by atoms with van der Waals surface area (Å²) >= 11 is 0. The summed E-state index contributed by atoms with van der Waals surface area (Å²) in [5.41, 5.74) is 1.38. The van der Waals surface area contributed by atoms with E-state index in [0.29, 0.717) is 11.1 Å². The fraction of sp³-hybridized carbons (Fsp3) is 0.556. The molecular weight excluding hydrogens is 1940 g/mol. The second kappa shape index (κ2) is 51.1. The topological polar surface area (TPSA) is 631 Å². The summed E-state index contributed by atoms with van der Waals surface area (Å²) < 4.78 is 314. The second-order valence-corrected chi connectivity index (χ2v) is 34.3. The molecule has 12 unspecified atom stereocenters. The molecule has 6 aliphatic heterocycles. The second-order valence-electron chi connectivity index (χ2n) is 27.1. The number of hydrogen-bond donors (Lipinski definition) is 0. The molecule has 0 aromatic heterocycles. The highest BCUT2D eigenvalue weighted by molar-refractivity contribution is 7.83. The van der Waals surface area contributed by atoms with Crippen molar-refractivity contribution >= 4 is 134 Å². The first kappa shape index (κ1) is 112. The molecule has 8 aliphatic rings. The molecule has 2 saturated carbocycles. The molecule has 10 rings (SSSR count). The molecule has 0 N–H and O–H groups in total. The summed E-state index contributed by atoms with van der Waals surface area (Å²) in [6.07, 6.45) is -12.7. The number of carbonyl (C=O) groups excluding carboxylic acids is 12. The Labute approximate surface area is 748 Å². The van der Waals surface area contributed by atoms with E-state index in [4.69, 9.17) is 41.3 Å². The van der Waals surface area contributed by atoms with Gasteiger partial charge in [-0.3, -0.25) is 0 Å². The van der Waals surface area contributed by atoms with E-state index in [0.717, 1.165) is 64.2 Å². The molecule has 0 bridgehead atoms. The van der Waals surface area contributed by atoms with E-state index in [1.807, 2.05) is 11.8 Å². The number of esters is 12. The van der Waals surface area contributed by atoms with Crippen molar-refractivity contribution in [2.24, 2.45) is 0 Å². The predicted molar refractivity (Wildman–Crippen MR) is 409 cm³/mol. The van der Waals surface area contributed by atoms with Crippen LogP contribution in [0.2, 0.25) is 0 Å². The van der Waals surface area contributed by atoms with Crippen LogP contribution in [-0.2, 0) is 240 Å². The lowest BCUT2D eigenvalue weighted by molar-refractivity contribution is -0.198. The van der Waals surface area contributed by atoms with Gasteiger partial charge in [-0.05, 0) is 90.2 Å². The van der Waals surface area contributed by atoms with Crippen molar-refractivity contribution in [1.82, 2.24) is 0 Å². The van der Waals surface area contributed by atoms with Crippen LogP contribution in [0, 0.1) is 24.7 Å². The van der Waals surface area contributed by atoms with E-state index in [2.05, 4.69) is 91.8 Å². The van der Waals surface area contributed by atoms with Crippen LogP contribution in [0.4, 0.5) is 26.3 Å². The summed E-state index contributed by atoms with van der Waals surface area (Å²) in [4.78, 5) is 141. The van der Waals surface area contributed by atoms with Gasteiger partial charge >= 0.3 is 146 Å². The molecule has 0 amide bonds. The molecule has 6 heterocycles. The maximum absolute atomic E-state index is 12.3. The molecule has 8 fully saturated rings. The van der Waals surface area contributed by atoms with E-state index in [1.54, 1.807) is 88.4 Å². The molecule has 736 valence electrons. The van der Waals surface area contributed by atoms with Crippen molar-refractivity contribution in [3.05, 3.63) is 97.1 Å². The van der Waals surface area contributed by atoms with Crippen molar-refractivity contribution < 1.29 is 241 Å². The maximum Gasteiger partial charge on any atom is 0.422 e. The van der Waals surface area contributed by atoms with Gasteiger partial charge in [-0.15, -0.1) is 12.8 Å². The first-order chi connectivity index (χ1) is 61.5. The minimum absolute atomic E-state index is 0.106. The summed E-state index contributed by atoms with van der Waals surface area (Å²) in [6, 6.07) is 17.5. The van der Waals surface area contributed by atoms with Gasteiger partial charge in [0.2, 0.25) is 73.2 Å². The van der Waals surface area contributed by atoms with Gasteiger partial charge in [0.15, 0.2) is 26.4 Å². The Morgan fingerprint density at radius 2 is 0.553 bits per heavy atom. The summed E-state index contributed by atoms with van der Waals surface area (Å²) in [5.74, 6) is -10.3. The molecule has 48 nitrogen and oxygen atoms in total. The fourth-order valence-corrected chi connectivity index (χ4v) is 16.0. The van der Waals surface area contributed by atoms with Gasteiger partial charge in [0, 0.05) is 0 Å². The third-order valence-corrected chi connectivity index (χ3v) is 21.3. The van der Waals surface area contributed by atoms with Crippen LogP contribution in [0.1, 0.15) is 103 Å². The molecule has 60 heteroatoms. The highest BCUT2D eigenvalue weighted by Gasteiger charge is 2.57. The number of terminal acetylenes is 2. The van der Waals surface area contributed by atoms with E-state index >= 15 is 0 Å². The maximum atomic E-state index is 12.3. The molecule has 2 aromatic carbocycles. The minimum Gasteiger partial charge on any atom is -0.461 e. The monoisotopic (exact) mass is 2020 g/mol. The first-order valence-electron chi connectivity index (χ1n) is 37.7. The van der Waals surface area contributed by atoms with Crippen LogP contribution < -0.4 is 0 Å². The highest BCUT2D eigenvalue weighted by Crippen LogP contribution is 2.33. The lowest BCUT2D eigenvalue weighted by Crippen LogP contribution is -2.42. The lowest BCUT2D eigenvalue weighted by Gasteiger charge is -2.25. The van der Waals surface area contributed by atoms with E-state index in [9.17, 15) is 134 Å². The van der Waals surface area contributed by atoms with Gasteiger partial charge in [0.1, 0.15) is 38.6 Å². The Hall–Kier alpha value is -10.5. The SMILES string of the molecule is C#CCOC(=O)C1OS(=O)(=O)OC1C(=O)OCC#C.C=CCOC(=O)C1OS(=O)(=O)OC1C(=O)OCC=C.CC(C)OC(=O)C1OS(=O)(=O)OC1C(=O)OC(C)C.O=C(OC1CCCCC1)C1OS(=O)(=O)OC1C(=O)OC1CCCCC1.O=C(OCC(F)(F)F)C1OS(=O)(=O)OC1C(=O)OCC(F)(F)F.O=C(OCc1ccccc1)C1OS(=O)(=O)OC1C(=O)OCc1ccccc1. The average molecular weight is 2020 g/mol. The predicted octanol–water partition coefficient (Wildman–Crippen LogP) is 1.26. The Balaban J connectivity index is 0.000000282. The van der Waals surface area contributed by atoms with Gasteiger partial charge in [-0.2, -0.15) is 76.8 Å². The quantitative estimate of drug-likeness (QED) is 0.0380. The van der Waals surface area contributed by atoms with Crippen molar-refractivity contribution in [3.8, 4) is 24.7 Å². The summed E-state index contributed by atoms with van der Waals surface area (Å²) in [7, 11) is -27.3. The average Bonchev–Trinajstić information content (AvgIpc) is 1.42. The van der Waals surface area contributed by atoms with Crippen molar-refractivity contribution in [2.45, 2.75) is 215 Å². The molecule has 2 aliphatic carbocycles. The van der Waals surface area contributed by atoms with Crippen LogP contribution in [0.15, 0.2) is 86.0 Å². The normalized spacial score (nSPS) is 24.9. The first-order valence-corrected chi connectivity index (χ1v) is 45.7. The molecule has 12 atom stereocenters. The summed E-state index contributed by atoms with van der Waals surface area (Å²) in [6.45, 7) is 7.28. The fourth-order valence-electron chi connectivity index (χ4n) is 10.6. The van der Waals surface area contributed by atoms with E-state index in [1.165, 1.54) is 12.2 Å². The standard InChI is InChI=1S/C18H16O8S.C16H24O8S.C10H16O8S.C10H12O8S.C10H8O8S.C8H6F6O8S/c19-17(23-11-13-7-3-1-4-8-13)15-16(26-27(21,22)25-15)18(20)24-12-14-9-5-2-6-10-14;17-15(21-11-7-3-1-4-8-11)13-14(24-25(19,20)23-13)16(18)22-12-9-5-2-6-10-12;1-5(2)15-9(11)7-8(10(12)16-6(3)4)18-19(13,14)17-7;2*1-3-5-15-9(11)7-8(10(12)16-6-4-2)18-19(13,14)17-7;9-7(10,11)1-19-5(15)3-4(22-23(17,18)21-3)6(16)20-2-8(12,13)14/h1-10,15-16H,11-12H2;11-14H,1-10H2;5-8H,1-4H3;3-4,7-8H,1-2,5-6H2;1-2,7-8H,5-6H2;3-4H,1-2H2. The Kier molecular flexibility index (Phi) is 43.3. The lowest BCUT2D eigenvalue weighted by atomic mass is 9.97. The van der Waals surface area contributed by atoms with Gasteiger partial charge in [-0.25, -0.2) is 108 Å². The number of halogens is 6. The van der Waals surface area contributed by atoms with Crippen LogP contribution in [0.25, 0.3) is 0 Å². The van der Waals surface area contributed by atoms with Crippen molar-refractivity contribution in [1.29, 1.82) is 0 Å². The Morgan fingerprint density at radius 3 is 0.773 bits per heavy atom. The van der Waals surface area contributed by atoms with E-state index < -0.39 is 258 Å². The van der Waals surface area contributed by atoms with Crippen LogP contribution in [-0.4, -0.2) is 272 Å². The molecule has 2 aromatic rings. The van der Waals surface area contributed by atoms with Crippen molar-refractivity contribution in [2.75, 3.05) is 39.6 Å². The molecule has 0 spiro atoms. The number of rotatable bonds is 28. The Bertz CT molecular complexity index is 4910. The third-order valence-electron chi connectivity index (χ3n) is 16.0. The van der Waals surface area contributed by atoms with E-state index in [-0.39, 0.29) is 38.6 Å². The third kappa shape index (κ3) is 39.0. The highest BCUT2D eigenvalue weighted by atomic mass is 32.3. The molecule has 0 radical (unpaired) electrons. The molecule has 132 heavy (non-hydrogen) atoms. The number of benzene rings is 2. The summed E-state index contributed by atoms with van der Waals surface area (Å²) in [5, 5.41) is 0. The number of ether oxygens (including phenoxy) is 12. The van der Waals surface area contributed by atoms with Gasteiger partial charge in [0.25, 0.3) is 0 Å². The van der Waals surface area contributed by atoms with Crippen LogP contribution in [0.5, 0.6) is 0 Å². The molecule has 6 saturated heterocycles. The van der Waals surface area contributed by atoms with Gasteiger partial charge in [-0.1, -0.05) is 111 Å².